The molecule has 0 aromatic carbocycles. The van der Waals surface area contributed by atoms with E-state index in [1.807, 2.05) is 0 Å². The van der Waals surface area contributed by atoms with Gasteiger partial charge < -0.3 is 10.2 Å². The third-order valence-electron chi connectivity index (χ3n) is 4.82. The van der Waals surface area contributed by atoms with Gasteiger partial charge in [0.1, 0.15) is 0 Å². The van der Waals surface area contributed by atoms with Gasteiger partial charge in [-0.25, -0.2) is 0 Å². The van der Waals surface area contributed by atoms with Crippen molar-refractivity contribution in [1.82, 2.24) is 10.2 Å². The first-order valence-corrected chi connectivity index (χ1v) is 7.39. The lowest BCUT2D eigenvalue weighted by Crippen LogP contribution is -2.45. The molecule has 1 N–H and O–H groups in total. The zero-order valence-electron chi connectivity index (χ0n) is 10.4. The maximum absolute atomic E-state index is 12.4. The van der Waals surface area contributed by atoms with Gasteiger partial charge in [-0.15, -0.1) is 0 Å². The molecule has 0 aromatic heterocycles. The molecule has 1 heterocycles. The summed E-state index contributed by atoms with van der Waals surface area (Å²) in [6.45, 7) is 1.01. The van der Waals surface area contributed by atoms with Crippen LogP contribution >= 0.6 is 0 Å². The summed E-state index contributed by atoms with van der Waals surface area (Å²) in [5, 5.41) is 3.51. The fourth-order valence-corrected chi connectivity index (χ4v) is 3.46. The summed E-state index contributed by atoms with van der Waals surface area (Å²) in [5.41, 5.74) is 0. The molecule has 94 valence electrons. The van der Waals surface area contributed by atoms with Crippen molar-refractivity contribution in [3.8, 4) is 0 Å². The van der Waals surface area contributed by atoms with Gasteiger partial charge in [-0.1, -0.05) is 0 Å². The quantitative estimate of drug-likeness (QED) is 0.782. The standard InChI is InChI=1S/C14H22N2O/c17-14-12(15-11-5-6-11)7-8-16(14)13(9-1-2-9)10-3-4-10/h9-13,15H,1-8H2. The van der Waals surface area contributed by atoms with Gasteiger partial charge in [-0.2, -0.15) is 0 Å². The topological polar surface area (TPSA) is 32.3 Å². The number of amides is 1. The van der Waals surface area contributed by atoms with E-state index in [0.29, 0.717) is 18.0 Å². The Hall–Kier alpha value is -0.570. The van der Waals surface area contributed by atoms with E-state index in [0.717, 1.165) is 24.8 Å². The zero-order valence-corrected chi connectivity index (χ0v) is 10.4. The second-order valence-corrected chi connectivity index (χ2v) is 6.48. The van der Waals surface area contributed by atoms with Crippen molar-refractivity contribution >= 4 is 5.91 Å². The van der Waals surface area contributed by atoms with Gasteiger partial charge in [-0.3, -0.25) is 4.79 Å². The van der Waals surface area contributed by atoms with Gasteiger partial charge in [0.2, 0.25) is 5.91 Å². The van der Waals surface area contributed by atoms with Crippen molar-refractivity contribution < 1.29 is 4.79 Å². The molecule has 1 aliphatic heterocycles. The molecule has 4 fully saturated rings. The Morgan fingerprint density at radius 1 is 1.00 bits per heavy atom. The van der Waals surface area contributed by atoms with E-state index in [-0.39, 0.29) is 6.04 Å². The highest BCUT2D eigenvalue weighted by Crippen LogP contribution is 2.48. The summed E-state index contributed by atoms with van der Waals surface area (Å²) in [5.74, 6) is 2.12. The van der Waals surface area contributed by atoms with Crippen LogP contribution in [-0.2, 0) is 4.79 Å². The Kier molecular flexibility index (Phi) is 2.26. The molecule has 0 aromatic rings. The highest BCUT2D eigenvalue weighted by Gasteiger charge is 2.49. The van der Waals surface area contributed by atoms with E-state index < -0.39 is 0 Å². The Morgan fingerprint density at radius 3 is 2.18 bits per heavy atom. The molecule has 4 rings (SSSR count). The van der Waals surface area contributed by atoms with Crippen LogP contribution in [0.25, 0.3) is 0 Å². The Balaban J connectivity index is 1.44. The first-order valence-electron chi connectivity index (χ1n) is 7.39. The van der Waals surface area contributed by atoms with Crippen LogP contribution in [0.4, 0.5) is 0 Å². The molecule has 17 heavy (non-hydrogen) atoms. The summed E-state index contributed by atoms with van der Waals surface area (Å²) >= 11 is 0. The molecule has 3 heteroatoms. The van der Waals surface area contributed by atoms with Crippen molar-refractivity contribution in [3.63, 3.8) is 0 Å². The molecule has 3 aliphatic carbocycles. The van der Waals surface area contributed by atoms with Crippen molar-refractivity contribution in [3.05, 3.63) is 0 Å². The summed E-state index contributed by atoms with van der Waals surface area (Å²) < 4.78 is 0. The molecule has 0 spiro atoms. The number of nitrogens with one attached hydrogen (secondary N) is 1. The Labute approximate surface area is 103 Å². The number of rotatable bonds is 5. The Bertz CT molecular complexity index is 319. The summed E-state index contributed by atoms with van der Waals surface area (Å²) in [7, 11) is 0. The van der Waals surface area contributed by atoms with Gasteiger partial charge in [-0.05, 0) is 56.8 Å². The van der Waals surface area contributed by atoms with Gasteiger partial charge in [0, 0.05) is 18.6 Å². The second-order valence-electron chi connectivity index (χ2n) is 6.48. The third kappa shape index (κ3) is 1.99. The summed E-state index contributed by atoms with van der Waals surface area (Å²) in [6, 6.07) is 1.43. The third-order valence-corrected chi connectivity index (χ3v) is 4.82. The molecule has 0 bridgehead atoms. The number of carbonyl (C=O) groups excluding carboxylic acids is 1. The first kappa shape index (κ1) is 10.4. The van der Waals surface area contributed by atoms with E-state index in [9.17, 15) is 4.79 Å². The first-order chi connectivity index (χ1) is 8.33. The molecule has 1 atom stereocenters. The average molecular weight is 234 g/mol. The number of carbonyl (C=O) groups is 1. The molecule has 1 unspecified atom stereocenters. The van der Waals surface area contributed by atoms with E-state index in [2.05, 4.69) is 10.2 Å². The van der Waals surface area contributed by atoms with Crippen molar-refractivity contribution in [2.45, 2.75) is 63.1 Å². The van der Waals surface area contributed by atoms with E-state index in [1.165, 1.54) is 38.5 Å². The fourth-order valence-electron chi connectivity index (χ4n) is 3.46. The Morgan fingerprint density at radius 2 is 1.65 bits per heavy atom. The molecule has 3 nitrogen and oxygen atoms in total. The molecular weight excluding hydrogens is 212 g/mol. The van der Waals surface area contributed by atoms with Crippen LogP contribution in [0.15, 0.2) is 0 Å². The summed E-state index contributed by atoms with van der Waals surface area (Å²) in [4.78, 5) is 14.7. The van der Waals surface area contributed by atoms with Crippen LogP contribution in [0.3, 0.4) is 0 Å². The molecular formula is C14H22N2O. The average Bonchev–Trinajstić information content (AvgIpc) is 3.18. The van der Waals surface area contributed by atoms with Gasteiger partial charge >= 0.3 is 0 Å². The predicted octanol–water partition coefficient (Wildman–Crippen LogP) is 1.53. The van der Waals surface area contributed by atoms with Crippen LogP contribution in [-0.4, -0.2) is 35.5 Å². The van der Waals surface area contributed by atoms with Crippen LogP contribution in [0.2, 0.25) is 0 Å². The van der Waals surface area contributed by atoms with E-state index in [1.54, 1.807) is 0 Å². The van der Waals surface area contributed by atoms with Gasteiger partial charge in [0.05, 0.1) is 6.04 Å². The minimum absolute atomic E-state index is 0.155. The van der Waals surface area contributed by atoms with Crippen molar-refractivity contribution in [2.75, 3.05) is 6.54 Å². The zero-order chi connectivity index (χ0) is 11.4. The molecule has 4 aliphatic rings. The molecule has 1 amide bonds. The van der Waals surface area contributed by atoms with Crippen molar-refractivity contribution in [1.29, 1.82) is 0 Å². The predicted molar refractivity (Wildman–Crippen MR) is 65.5 cm³/mol. The minimum Gasteiger partial charge on any atom is -0.338 e. The largest absolute Gasteiger partial charge is 0.338 e. The normalized spacial score (nSPS) is 33.8. The number of nitrogens with zero attached hydrogens (tertiary/aromatic N) is 1. The second kappa shape index (κ2) is 3.71. The molecule has 0 radical (unpaired) electrons. The highest BCUT2D eigenvalue weighted by molar-refractivity contribution is 5.84. The van der Waals surface area contributed by atoms with Crippen LogP contribution < -0.4 is 5.32 Å². The maximum atomic E-state index is 12.4. The van der Waals surface area contributed by atoms with Crippen LogP contribution in [0, 0.1) is 11.8 Å². The highest BCUT2D eigenvalue weighted by atomic mass is 16.2. The number of likely N-dealkylation sites (tertiary alicyclic amines) is 1. The molecule has 3 saturated carbocycles. The monoisotopic (exact) mass is 234 g/mol. The van der Waals surface area contributed by atoms with Crippen LogP contribution in [0.1, 0.15) is 44.9 Å². The van der Waals surface area contributed by atoms with E-state index >= 15 is 0 Å². The lowest BCUT2D eigenvalue weighted by Gasteiger charge is -2.28. The van der Waals surface area contributed by atoms with Gasteiger partial charge in [0.15, 0.2) is 0 Å². The fraction of sp³-hybridized carbons (Fsp3) is 0.929. The lowest BCUT2D eigenvalue weighted by molar-refractivity contribution is -0.132. The van der Waals surface area contributed by atoms with Crippen molar-refractivity contribution in [2.24, 2.45) is 11.8 Å². The summed E-state index contributed by atoms with van der Waals surface area (Å²) in [6.07, 6.45) is 9.07. The number of hydrogen-bond donors (Lipinski definition) is 1. The van der Waals surface area contributed by atoms with Gasteiger partial charge in [0.25, 0.3) is 0 Å². The maximum Gasteiger partial charge on any atom is 0.240 e. The SMILES string of the molecule is O=C1C(NC2CC2)CCN1C(C1CC1)C1CC1. The smallest absolute Gasteiger partial charge is 0.240 e. The number of hydrogen-bond acceptors (Lipinski definition) is 2. The minimum atomic E-state index is 0.155. The van der Waals surface area contributed by atoms with Crippen LogP contribution in [0.5, 0.6) is 0 Å². The molecule has 1 saturated heterocycles. The lowest BCUT2D eigenvalue weighted by atomic mass is 10.1. The van der Waals surface area contributed by atoms with E-state index in [4.69, 9.17) is 0 Å².